The summed E-state index contributed by atoms with van der Waals surface area (Å²) in [5.41, 5.74) is 0.736. The Bertz CT molecular complexity index is 461. The molecule has 0 saturated carbocycles. The van der Waals surface area contributed by atoms with Gasteiger partial charge in [-0.3, -0.25) is 4.79 Å². The third-order valence-corrected chi connectivity index (χ3v) is 3.23. The predicted molar refractivity (Wildman–Crippen MR) is 71.4 cm³/mol. The van der Waals surface area contributed by atoms with Crippen LogP contribution in [-0.2, 0) is 0 Å². The molecule has 2 heterocycles. The van der Waals surface area contributed by atoms with Crippen molar-refractivity contribution in [3.8, 4) is 11.8 Å². The van der Waals surface area contributed by atoms with Gasteiger partial charge in [-0.05, 0) is 45.0 Å². The molecule has 1 aromatic rings. The molecule has 1 amide bonds. The van der Waals surface area contributed by atoms with Crippen molar-refractivity contribution in [2.24, 2.45) is 0 Å². The van der Waals surface area contributed by atoms with Gasteiger partial charge in [0, 0.05) is 12.2 Å². The SMILES string of the molecule is CC#CCNC(=O)c1cccn1C1CCNCC1. The molecule has 18 heavy (non-hydrogen) atoms. The molecule has 0 aliphatic carbocycles. The van der Waals surface area contributed by atoms with Crippen molar-refractivity contribution < 1.29 is 4.79 Å². The summed E-state index contributed by atoms with van der Waals surface area (Å²) in [7, 11) is 0. The van der Waals surface area contributed by atoms with Crippen molar-refractivity contribution in [1.29, 1.82) is 0 Å². The lowest BCUT2D eigenvalue weighted by molar-refractivity contribution is 0.0946. The third kappa shape index (κ3) is 2.93. The normalized spacial score (nSPS) is 15.8. The van der Waals surface area contributed by atoms with E-state index >= 15 is 0 Å². The van der Waals surface area contributed by atoms with E-state index in [1.807, 2.05) is 18.3 Å². The fourth-order valence-electron chi connectivity index (χ4n) is 2.29. The molecule has 2 rings (SSSR count). The maximum Gasteiger partial charge on any atom is 0.268 e. The van der Waals surface area contributed by atoms with Gasteiger partial charge in [-0.25, -0.2) is 0 Å². The van der Waals surface area contributed by atoms with Crippen LogP contribution in [0.2, 0.25) is 0 Å². The number of nitrogens with one attached hydrogen (secondary N) is 2. The highest BCUT2D eigenvalue weighted by Gasteiger charge is 2.19. The van der Waals surface area contributed by atoms with Crippen molar-refractivity contribution in [3.05, 3.63) is 24.0 Å². The van der Waals surface area contributed by atoms with Crippen LogP contribution in [0.3, 0.4) is 0 Å². The van der Waals surface area contributed by atoms with Crippen molar-refractivity contribution in [2.45, 2.75) is 25.8 Å². The average molecular weight is 245 g/mol. The maximum absolute atomic E-state index is 12.0. The monoisotopic (exact) mass is 245 g/mol. The smallest absolute Gasteiger partial charge is 0.268 e. The van der Waals surface area contributed by atoms with E-state index in [9.17, 15) is 4.79 Å². The average Bonchev–Trinajstić information content (AvgIpc) is 2.89. The van der Waals surface area contributed by atoms with E-state index < -0.39 is 0 Å². The molecule has 1 aliphatic heterocycles. The molecule has 2 N–H and O–H groups in total. The minimum absolute atomic E-state index is 0.0405. The summed E-state index contributed by atoms with van der Waals surface area (Å²) in [6.45, 7) is 4.22. The second kappa shape index (κ2) is 6.27. The highest BCUT2D eigenvalue weighted by atomic mass is 16.1. The first kappa shape index (κ1) is 12.7. The summed E-state index contributed by atoms with van der Waals surface area (Å²) < 4.78 is 2.09. The van der Waals surface area contributed by atoms with E-state index in [0.717, 1.165) is 31.6 Å². The van der Waals surface area contributed by atoms with Gasteiger partial charge in [0.05, 0.1) is 6.54 Å². The number of hydrogen-bond donors (Lipinski definition) is 2. The first-order chi connectivity index (χ1) is 8.83. The minimum atomic E-state index is -0.0405. The van der Waals surface area contributed by atoms with Gasteiger partial charge in [0.2, 0.25) is 0 Å². The van der Waals surface area contributed by atoms with Crippen LogP contribution < -0.4 is 10.6 Å². The Balaban J connectivity index is 2.05. The molecule has 0 unspecified atom stereocenters. The molecule has 1 aromatic heterocycles. The lowest BCUT2D eigenvalue weighted by Crippen LogP contribution is -2.32. The van der Waals surface area contributed by atoms with E-state index in [0.29, 0.717) is 12.6 Å². The molecule has 96 valence electrons. The first-order valence-corrected chi connectivity index (χ1v) is 6.38. The van der Waals surface area contributed by atoms with Gasteiger partial charge in [0.15, 0.2) is 0 Å². The minimum Gasteiger partial charge on any atom is -0.340 e. The quantitative estimate of drug-likeness (QED) is 0.785. The number of hydrogen-bond acceptors (Lipinski definition) is 2. The summed E-state index contributed by atoms with van der Waals surface area (Å²) in [5, 5.41) is 6.15. The van der Waals surface area contributed by atoms with E-state index in [-0.39, 0.29) is 5.91 Å². The second-order valence-corrected chi connectivity index (χ2v) is 4.39. The third-order valence-electron chi connectivity index (χ3n) is 3.23. The van der Waals surface area contributed by atoms with Gasteiger partial charge in [-0.2, -0.15) is 0 Å². The Kier molecular flexibility index (Phi) is 4.43. The van der Waals surface area contributed by atoms with Crippen molar-refractivity contribution >= 4 is 5.91 Å². The number of nitrogens with zero attached hydrogens (tertiary/aromatic N) is 1. The van der Waals surface area contributed by atoms with Crippen LogP contribution in [0.15, 0.2) is 18.3 Å². The van der Waals surface area contributed by atoms with E-state index in [1.54, 1.807) is 6.92 Å². The Morgan fingerprint density at radius 2 is 2.33 bits per heavy atom. The number of carbonyl (C=O) groups is 1. The maximum atomic E-state index is 12.0. The molecule has 1 saturated heterocycles. The van der Waals surface area contributed by atoms with Gasteiger partial charge in [-0.15, -0.1) is 5.92 Å². The van der Waals surface area contributed by atoms with Gasteiger partial charge < -0.3 is 15.2 Å². The topological polar surface area (TPSA) is 46.1 Å². The van der Waals surface area contributed by atoms with Gasteiger partial charge in [0.1, 0.15) is 5.69 Å². The zero-order valence-corrected chi connectivity index (χ0v) is 10.7. The number of carbonyl (C=O) groups excluding carboxylic acids is 1. The Morgan fingerprint density at radius 1 is 1.56 bits per heavy atom. The molecule has 1 fully saturated rings. The fraction of sp³-hybridized carbons (Fsp3) is 0.500. The number of piperidine rings is 1. The molecule has 4 heteroatoms. The Hall–Kier alpha value is -1.73. The molecule has 0 spiro atoms. The van der Waals surface area contributed by atoms with Crippen molar-refractivity contribution in [1.82, 2.24) is 15.2 Å². The van der Waals surface area contributed by atoms with Crippen LogP contribution in [-0.4, -0.2) is 30.1 Å². The van der Waals surface area contributed by atoms with E-state index in [2.05, 4.69) is 27.0 Å². The zero-order valence-electron chi connectivity index (χ0n) is 10.7. The Morgan fingerprint density at radius 3 is 3.06 bits per heavy atom. The largest absolute Gasteiger partial charge is 0.340 e. The fourth-order valence-corrected chi connectivity index (χ4v) is 2.29. The van der Waals surface area contributed by atoms with Crippen LogP contribution in [0.25, 0.3) is 0 Å². The number of rotatable bonds is 3. The van der Waals surface area contributed by atoms with Crippen molar-refractivity contribution in [3.63, 3.8) is 0 Å². The highest BCUT2D eigenvalue weighted by Crippen LogP contribution is 2.21. The Labute approximate surface area is 108 Å². The van der Waals surface area contributed by atoms with Gasteiger partial charge in [-0.1, -0.05) is 5.92 Å². The number of aromatic nitrogens is 1. The first-order valence-electron chi connectivity index (χ1n) is 6.38. The standard InChI is InChI=1S/C14H19N3O/c1-2-3-8-16-14(18)13-5-4-11-17(13)12-6-9-15-10-7-12/h4-5,11-12,15H,6-10H2,1H3,(H,16,18). The second-order valence-electron chi connectivity index (χ2n) is 4.39. The predicted octanol–water partition coefficient (Wildman–Crippen LogP) is 1.17. The molecule has 4 nitrogen and oxygen atoms in total. The molecule has 1 aliphatic rings. The van der Waals surface area contributed by atoms with Crippen LogP contribution in [0.1, 0.15) is 36.3 Å². The van der Waals surface area contributed by atoms with Gasteiger partial charge in [0.25, 0.3) is 5.91 Å². The highest BCUT2D eigenvalue weighted by molar-refractivity contribution is 5.92. The lowest BCUT2D eigenvalue weighted by atomic mass is 10.1. The summed E-state index contributed by atoms with van der Waals surface area (Å²) >= 11 is 0. The molecule has 0 atom stereocenters. The zero-order chi connectivity index (χ0) is 12.8. The summed E-state index contributed by atoms with van der Waals surface area (Å²) in [4.78, 5) is 12.0. The molecular formula is C14H19N3O. The molecule has 0 bridgehead atoms. The number of amides is 1. The molecular weight excluding hydrogens is 226 g/mol. The van der Waals surface area contributed by atoms with Crippen LogP contribution in [0, 0.1) is 11.8 Å². The summed E-state index contributed by atoms with van der Waals surface area (Å²) in [5.74, 6) is 5.56. The summed E-state index contributed by atoms with van der Waals surface area (Å²) in [6.07, 6.45) is 4.14. The van der Waals surface area contributed by atoms with Gasteiger partial charge >= 0.3 is 0 Å². The van der Waals surface area contributed by atoms with Crippen LogP contribution in [0.4, 0.5) is 0 Å². The van der Waals surface area contributed by atoms with Crippen LogP contribution >= 0.6 is 0 Å². The summed E-state index contributed by atoms with van der Waals surface area (Å²) in [6, 6.07) is 4.23. The van der Waals surface area contributed by atoms with E-state index in [4.69, 9.17) is 0 Å². The van der Waals surface area contributed by atoms with E-state index in [1.165, 1.54) is 0 Å². The van der Waals surface area contributed by atoms with Crippen LogP contribution in [0.5, 0.6) is 0 Å². The molecule has 0 aromatic carbocycles. The lowest BCUT2D eigenvalue weighted by Gasteiger charge is -2.25. The molecule has 0 radical (unpaired) electrons. The van der Waals surface area contributed by atoms with Crippen molar-refractivity contribution in [2.75, 3.05) is 19.6 Å².